The first-order valence-corrected chi connectivity index (χ1v) is 9.88. The number of phenols is 1. The summed E-state index contributed by atoms with van der Waals surface area (Å²) in [6.45, 7) is 4.45. The van der Waals surface area contributed by atoms with E-state index in [1.54, 1.807) is 41.3 Å². The maximum Gasteiger partial charge on any atom is 0.254 e. The summed E-state index contributed by atoms with van der Waals surface area (Å²) in [6.07, 6.45) is 4.66. The number of halogens is 1. The molecule has 1 heterocycles. The molecule has 0 fully saturated rings. The number of hydrogen-bond donors (Lipinski definition) is 2. The van der Waals surface area contributed by atoms with Crippen molar-refractivity contribution in [1.29, 1.82) is 0 Å². The number of hydrogen-bond acceptors (Lipinski definition) is 3. The molecule has 0 spiro atoms. The van der Waals surface area contributed by atoms with Gasteiger partial charge in [-0.2, -0.15) is 0 Å². The lowest BCUT2D eigenvalue weighted by atomic mass is 9.75. The first-order valence-electron chi connectivity index (χ1n) is 9.88. The minimum Gasteiger partial charge on any atom is -0.508 e. The van der Waals surface area contributed by atoms with Crippen LogP contribution in [0.25, 0.3) is 0 Å². The van der Waals surface area contributed by atoms with E-state index in [0.29, 0.717) is 24.1 Å². The summed E-state index contributed by atoms with van der Waals surface area (Å²) in [5.74, 6) is -0.223. The van der Waals surface area contributed by atoms with Crippen molar-refractivity contribution < 1.29 is 14.3 Å². The smallest absolute Gasteiger partial charge is 0.254 e. The number of aromatic hydroxyl groups is 1. The van der Waals surface area contributed by atoms with Crippen LogP contribution in [0.4, 0.5) is 4.39 Å². The Labute approximate surface area is 170 Å². The Bertz CT molecular complexity index is 1010. The van der Waals surface area contributed by atoms with Crippen LogP contribution in [0, 0.1) is 11.2 Å². The fourth-order valence-electron chi connectivity index (χ4n) is 4.17. The van der Waals surface area contributed by atoms with E-state index in [-0.39, 0.29) is 22.9 Å². The molecule has 1 unspecified atom stereocenters. The molecule has 2 aromatic carbocycles. The van der Waals surface area contributed by atoms with E-state index in [2.05, 4.69) is 25.2 Å². The van der Waals surface area contributed by atoms with Crippen LogP contribution in [0.5, 0.6) is 5.75 Å². The van der Waals surface area contributed by atoms with Gasteiger partial charge in [0.1, 0.15) is 17.7 Å². The van der Waals surface area contributed by atoms with E-state index in [0.717, 1.165) is 17.7 Å². The summed E-state index contributed by atoms with van der Waals surface area (Å²) >= 11 is 0. The van der Waals surface area contributed by atoms with Gasteiger partial charge in [0.2, 0.25) is 0 Å². The van der Waals surface area contributed by atoms with Crippen LogP contribution in [0.2, 0.25) is 0 Å². The number of carbonyl (C=O) groups is 1. The standard InChI is InChI=1S/C24H25FN2O2/c1-24(2)14-7-11-19-21(24)23(29)27(15-13-16-8-3-5-10-18(16)25)22(26-19)17-9-4-6-12-20(17)28/h3-12,22,26,28H,13-15H2,1-2H3. The van der Waals surface area contributed by atoms with Crippen LogP contribution in [0.15, 0.2) is 72.0 Å². The Kier molecular flexibility index (Phi) is 4.91. The molecule has 4 nitrogen and oxygen atoms in total. The second-order valence-electron chi connectivity index (χ2n) is 8.22. The SMILES string of the molecule is CC1(C)CC=CC2=C1C(=O)N(CCc1ccccc1F)C(c1ccccc1O)N2. The highest BCUT2D eigenvalue weighted by molar-refractivity contribution is 5.97. The third-order valence-corrected chi connectivity index (χ3v) is 5.75. The topological polar surface area (TPSA) is 52.6 Å². The molecule has 1 aliphatic carbocycles. The highest BCUT2D eigenvalue weighted by atomic mass is 19.1. The van der Waals surface area contributed by atoms with Crippen molar-refractivity contribution in [2.24, 2.45) is 5.41 Å². The Morgan fingerprint density at radius 1 is 1.17 bits per heavy atom. The maximum atomic E-state index is 14.1. The average molecular weight is 392 g/mol. The van der Waals surface area contributed by atoms with Crippen LogP contribution in [0.1, 0.15) is 37.6 Å². The lowest BCUT2D eigenvalue weighted by molar-refractivity contribution is -0.132. The number of nitrogens with zero attached hydrogens (tertiary/aromatic N) is 1. The second kappa shape index (κ2) is 7.39. The molecule has 0 radical (unpaired) electrons. The van der Waals surface area contributed by atoms with Crippen molar-refractivity contribution in [2.45, 2.75) is 32.9 Å². The Morgan fingerprint density at radius 2 is 1.90 bits per heavy atom. The number of benzene rings is 2. The van der Waals surface area contributed by atoms with E-state index < -0.39 is 6.17 Å². The van der Waals surface area contributed by atoms with Gasteiger partial charge in [0.05, 0.1) is 0 Å². The summed E-state index contributed by atoms with van der Waals surface area (Å²) in [5.41, 5.74) is 2.42. The minimum atomic E-state index is -0.521. The summed E-state index contributed by atoms with van der Waals surface area (Å²) in [6, 6.07) is 13.6. The summed E-state index contributed by atoms with van der Waals surface area (Å²) in [5, 5.41) is 13.9. The average Bonchev–Trinajstić information content (AvgIpc) is 2.68. The first-order chi connectivity index (χ1) is 13.9. The molecule has 1 aliphatic heterocycles. The van der Waals surface area contributed by atoms with Gasteiger partial charge in [-0.1, -0.05) is 56.3 Å². The third kappa shape index (κ3) is 3.53. The maximum absolute atomic E-state index is 14.1. The van der Waals surface area contributed by atoms with E-state index >= 15 is 0 Å². The molecule has 0 aromatic heterocycles. The van der Waals surface area contributed by atoms with Gasteiger partial charge >= 0.3 is 0 Å². The fourth-order valence-corrected chi connectivity index (χ4v) is 4.17. The molecule has 29 heavy (non-hydrogen) atoms. The Morgan fingerprint density at radius 3 is 2.66 bits per heavy atom. The van der Waals surface area contributed by atoms with Crippen molar-refractivity contribution >= 4 is 5.91 Å². The van der Waals surface area contributed by atoms with Crippen molar-refractivity contribution in [1.82, 2.24) is 10.2 Å². The van der Waals surface area contributed by atoms with Crippen LogP contribution in [0.3, 0.4) is 0 Å². The number of phenolic OH excluding ortho intramolecular Hbond substituents is 1. The van der Waals surface area contributed by atoms with E-state index in [4.69, 9.17) is 0 Å². The molecular formula is C24H25FN2O2. The monoisotopic (exact) mass is 392 g/mol. The zero-order valence-electron chi connectivity index (χ0n) is 16.7. The Balaban J connectivity index is 1.73. The summed E-state index contributed by atoms with van der Waals surface area (Å²) in [7, 11) is 0. The predicted octanol–water partition coefficient (Wildman–Crippen LogP) is 4.44. The van der Waals surface area contributed by atoms with E-state index in [9.17, 15) is 14.3 Å². The third-order valence-electron chi connectivity index (χ3n) is 5.75. The molecule has 0 saturated heterocycles. The van der Waals surface area contributed by atoms with Crippen LogP contribution in [-0.2, 0) is 11.2 Å². The molecule has 2 aromatic rings. The second-order valence-corrected chi connectivity index (χ2v) is 8.22. The first kappa shape index (κ1) is 19.2. The number of amides is 1. The number of carbonyl (C=O) groups excluding carboxylic acids is 1. The van der Waals surface area contributed by atoms with Gasteiger partial charge < -0.3 is 15.3 Å². The number of rotatable bonds is 4. The molecule has 5 heteroatoms. The molecule has 2 aliphatic rings. The normalized spacial score (nSPS) is 20.4. The van der Waals surface area contributed by atoms with Gasteiger partial charge in [0.25, 0.3) is 5.91 Å². The van der Waals surface area contributed by atoms with Crippen LogP contribution >= 0.6 is 0 Å². The number of nitrogens with one attached hydrogen (secondary N) is 1. The highest BCUT2D eigenvalue weighted by Gasteiger charge is 2.42. The highest BCUT2D eigenvalue weighted by Crippen LogP contribution is 2.42. The zero-order valence-corrected chi connectivity index (χ0v) is 16.7. The lowest BCUT2D eigenvalue weighted by Crippen LogP contribution is -2.51. The van der Waals surface area contributed by atoms with Crippen molar-refractivity contribution in [2.75, 3.05) is 6.54 Å². The van der Waals surface area contributed by atoms with Crippen molar-refractivity contribution in [3.05, 3.63) is 88.9 Å². The molecule has 2 N–H and O–H groups in total. The number of para-hydroxylation sites is 1. The molecule has 4 rings (SSSR count). The van der Waals surface area contributed by atoms with Gasteiger partial charge in [0.15, 0.2) is 0 Å². The van der Waals surface area contributed by atoms with Crippen LogP contribution < -0.4 is 5.32 Å². The Hall–Kier alpha value is -3.08. The molecule has 1 amide bonds. The predicted molar refractivity (Wildman–Crippen MR) is 110 cm³/mol. The summed E-state index contributed by atoms with van der Waals surface area (Å²) < 4.78 is 14.1. The fraction of sp³-hybridized carbons (Fsp3) is 0.292. The lowest BCUT2D eigenvalue weighted by Gasteiger charge is -2.44. The molecule has 0 bridgehead atoms. The van der Waals surface area contributed by atoms with Gasteiger partial charge in [-0.25, -0.2) is 4.39 Å². The van der Waals surface area contributed by atoms with Crippen LogP contribution in [-0.4, -0.2) is 22.5 Å². The van der Waals surface area contributed by atoms with Gasteiger partial charge in [-0.15, -0.1) is 0 Å². The molecule has 1 atom stereocenters. The van der Waals surface area contributed by atoms with E-state index in [1.807, 2.05) is 12.1 Å². The molecule has 150 valence electrons. The summed E-state index contributed by atoms with van der Waals surface area (Å²) in [4.78, 5) is 15.3. The minimum absolute atomic E-state index is 0.0716. The molecular weight excluding hydrogens is 367 g/mol. The molecule has 0 saturated carbocycles. The van der Waals surface area contributed by atoms with E-state index in [1.165, 1.54) is 6.07 Å². The largest absolute Gasteiger partial charge is 0.508 e. The van der Waals surface area contributed by atoms with Gasteiger partial charge in [-0.05, 0) is 36.6 Å². The van der Waals surface area contributed by atoms with Crippen molar-refractivity contribution in [3.8, 4) is 5.75 Å². The van der Waals surface area contributed by atoms with Gasteiger partial charge in [0, 0.05) is 28.8 Å². The zero-order chi connectivity index (χ0) is 20.6. The number of allylic oxidation sites excluding steroid dienone is 2. The van der Waals surface area contributed by atoms with Gasteiger partial charge in [-0.3, -0.25) is 4.79 Å². The quantitative estimate of drug-likeness (QED) is 0.809. The van der Waals surface area contributed by atoms with Crippen molar-refractivity contribution in [3.63, 3.8) is 0 Å².